The number of rotatable bonds is 7. The molecule has 1 amide bonds. The average Bonchev–Trinajstić information content (AvgIpc) is 2.14. The normalized spacial score (nSPS) is 10.1. The van der Waals surface area contributed by atoms with Crippen molar-refractivity contribution in [1.29, 1.82) is 0 Å². The van der Waals surface area contributed by atoms with E-state index in [2.05, 4.69) is 6.92 Å². The van der Waals surface area contributed by atoms with Crippen LogP contribution in [0, 0.1) is 0 Å². The van der Waals surface area contributed by atoms with Crippen LogP contribution in [0.3, 0.4) is 0 Å². The van der Waals surface area contributed by atoms with Gasteiger partial charge in [-0.15, -0.1) is 0 Å². The zero-order valence-corrected chi connectivity index (χ0v) is 9.01. The molecule has 0 aromatic carbocycles. The number of hydrogen-bond acceptors (Lipinski definition) is 2. The van der Waals surface area contributed by atoms with Crippen molar-refractivity contribution in [3.05, 3.63) is 0 Å². The van der Waals surface area contributed by atoms with Crippen molar-refractivity contribution in [3.63, 3.8) is 0 Å². The van der Waals surface area contributed by atoms with E-state index in [9.17, 15) is 4.79 Å². The van der Waals surface area contributed by atoms with Crippen molar-refractivity contribution in [2.75, 3.05) is 26.3 Å². The number of carbonyl (C=O) groups excluding carboxylic acids is 1. The summed E-state index contributed by atoms with van der Waals surface area (Å²) in [6.45, 7) is 8.93. The van der Waals surface area contributed by atoms with Crippen molar-refractivity contribution >= 4 is 5.91 Å². The van der Waals surface area contributed by atoms with Gasteiger partial charge in [0.1, 0.15) is 0 Å². The second-order valence-corrected chi connectivity index (χ2v) is 2.92. The molecule has 0 unspecified atom stereocenters. The molecule has 13 heavy (non-hydrogen) atoms. The monoisotopic (exact) mass is 187 g/mol. The van der Waals surface area contributed by atoms with E-state index in [1.54, 1.807) is 0 Å². The molecule has 0 bridgehead atoms. The van der Waals surface area contributed by atoms with E-state index >= 15 is 0 Å². The smallest absolute Gasteiger partial charge is 0.224 e. The van der Waals surface area contributed by atoms with Gasteiger partial charge in [-0.25, -0.2) is 0 Å². The number of hydrogen-bond donors (Lipinski definition) is 0. The molecule has 0 heterocycles. The Morgan fingerprint density at radius 1 is 1.31 bits per heavy atom. The molecule has 0 radical (unpaired) electrons. The largest absolute Gasteiger partial charge is 0.381 e. The Morgan fingerprint density at radius 3 is 2.46 bits per heavy atom. The van der Waals surface area contributed by atoms with Gasteiger partial charge < -0.3 is 9.64 Å². The Kier molecular flexibility index (Phi) is 7.69. The number of ether oxygens (including phenoxy) is 1. The van der Waals surface area contributed by atoms with Gasteiger partial charge in [0.15, 0.2) is 0 Å². The van der Waals surface area contributed by atoms with Crippen LogP contribution in [0.1, 0.15) is 33.6 Å². The van der Waals surface area contributed by atoms with E-state index in [0.717, 1.165) is 19.5 Å². The van der Waals surface area contributed by atoms with E-state index in [1.807, 2.05) is 18.7 Å². The maximum absolute atomic E-state index is 11.5. The van der Waals surface area contributed by atoms with Gasteiger partial charge >= 0.3 is 0 Å². The first-order valence-electron chi connectivity index (χ1n) is 5.11. The van der Waals surface area contributed by atoms with Gasteiger partial charge in [0.25, 0.3) is 0 Å². The summed E-state index contributed by atoms with van der Waals surface area (Å²) in [6.07, 6.45) is 1.54. The first-order chi connectivity index (χ1) is 6.26. The van der Waals surface area contributed by atoms with Gasteiger partial charge in [-0.2, -0.15) is 0 Å². The molecule has 0 aromatic heterocycles. The number of amides is 1. The van der Waals surface area contributed by atoms with Crippen molar-refractivity contribution in [2.24, 2.45) is 0 Å². The Hall–Kier alpha value is -0.570. The standard InChI is InChI=1S/C10H21NO2/c1-4-8-11(5-2)10(12)7-9-13-6-3/h4-9H2,1-3H3. The molecule has 0 rings (SSSR count). The molecular formula is C10H21NO2. The summed E-state index contributed by atoms with van der Waals surface area (Å²) < 4.78 is 5.13. The van der Waals surface area contributed by atoms with Crippen LogP contribution in [-0.4, -0.2) is 37.1 Å². The van der Waals surface area contributed by atoms with E-state index in [4.69, 9.17) is 4.74 Å². The SMILES string of the molecule is CCCN(CC)C(=O)CCOCC. The summed E-state index contributed by atoms with van der Waals surface area (Å²) in [6, 6.07) is 0. The molecular weight excluding hydrogens is 166 g/mol. The lowest BCUT2D eigenvalue weighted by molar-refractivity contribution is -0.132. The molecule has 0 saturated carbocycles. The van der Waals surface area contributed by atoms with Crippen LogP contribution >= 0.6 is 0 Å². The van der Waals surface area contributed by atoms with Crippen LogP contribution < -0.4 is 0 Å². The van der Waals surface area contributed by atoms with Crippen molar-refractivity contribution in [1.82, 2.24) is 4.90 Å². The first kappa shape index (κ1) is 12.4. The molecule has 0 fully saturated rings. The van der Waals surface area contributed by atoms with Crippen molar-refractivity contribution in [3.8, 4) is 0 Å². The van der Waals surface area contributed by atoms with Gasteiger partial charge in [0.05, 0.1) is 13.0 Å². The minimum Gasteiger partial charge on any atom is -0.381 e. The molecule has 3 heteroatoms. The molecule has 0 aliphatic carbocycles. The highest BCUT2D eigenvalue weighted by atomic mass is 16.5. The van der Waals surface area contributed by atoms with Gasteiger partial charge in [-0.05, 0) is 20.3 Å². The Morgan fingerprint density at radius 2 is 2.00 bits per heavy atom. The Bertz CT molecular complexity index is 137. The van der Waals surface area contributed by atoms with Gasteiger partial charge in [0, 0.05) is 19.7 Å². The van der Waals surface area contributed by atoms with Gasteiger partial charge in [-0.1, -0.05) is 6.92 Å². The molecule has 0 spiro atoms. The summed E-state index contributed by atoms with van der Waals surface area (Å²) in [5, 5.41) is 0. The summed E-state index contributed by atoms with van der Waals surface area (Å²) in [5.41, 5.74) is 0. The van der Waals surface area contributed by atoms with Crippen LogP contribution in [0.4, 0.5) is 0 Å². The predicted octanol–water partition coefficient (Wildman–Crippen LogP) is 1.67. The summed E-state index contributed by atoms with van der Waals surface area (Å²) >= 11 is 0. The third-order valence-corrected chi connectivity index (χ3v) is 1.89. The quantitative estimate of drug-likeness (QED) is 0.567. The zero-order valence-electron chi connectivity index (χ0n) is 9.01. The number of carbonyl (C=O) groups is 1. The third kappa shape index (κ3) is 5.64. The molecule has 0 saturated heterocycles. The van der Waals surface area contributed by atoms with E-state index in [1.165, 1.54) is 0 Å². The fourth-order valence-electron chi connectivity index (χ4n) is 1.19. The van der Waals surface area contributed by atoms with Crippen LogP contribution in [0.2, 0.25) is 0 Å². The average molecular weight is 187 g/mol. The fraction of sp³-hybridized carbons (Fsp3) is 0.900. The summed E-state index contributed by atoms with van der Waals surface area (Å²) in [5.74, 6) is 0.206. The van der Waals surface area contributed by atoms with E-state index < -0.39 is 0 Å². The minimum absolute atomic E-state index is 0.206. The van der Waals surface area contributed by atoms with Gasteiger partial charge in [0.2, 0.25) is 5.91 Å². The second kappa shape index (κ2) is 8.05. The zero-order chi connectivity index (χ0) is 10.1. The molecule has 0 aliphatic rings. The van der Waals surface area contributed by atoms with Crippen LogP contribution in [-0.2, 0) is 9.53 Å². The topological polar surface area (TPSA) is 29.5 Å². The van der Waals surface area contributed by atoms with E-state index in [-0.39, 0.29) is 5.91 Å². The van der Waals surface area contributed by atoms with E-state index in [0.29, 0.717) is 19.6 Å². The molecule has 0 atom stereocenters. The lowest BCUT2D eigenvalue weighted by atomic mass is 10.3. The Balaban J connectivity index is 3.64. The number of nitrogens with zero attached hydrogens (tertiary/aromatic N) is 1. The highest BCUT2D eigenvalue weighted by Crippen LogP contribution is 1.96. The third-order valence-electron chi connectivity index (χ3n) is 1.89. The van der Waals surface area contributed by atoms with Crippen LogP contribution in [0.25, 0.3) is 0 Å². The minimum atomic E-state index is 0.206. The molecule has 3 nitrogen and oxygen atoms in total. The van der Waals surface area contributed by atoms with Crippen molar-refractivity contribution < 1.29 is 9.53 Å². The molecule has 0 N–H and O–H groups in total. The maximum Gasteiger partial charge on any atom is 0.224 e. The highest BCUT2D eigenvalue weighted by Gasteiger charge is 2.09. The highest BCUT2D eigenvalue weighted by molar-refractivity contribution is 5.76. The molecule has 0 aromatic rings. The van der Waals surface area contributed by atoms with Crippen LogP contribution in [0.5, 0.6) is 0 Å². The van der Waals surface area contributed by atoms with Crippen molar-refractivity contribution in [2.45, 2.75) is 33.6 Å². The maximum atomic E-state index is 11.5. The predicted molar refractivity (Wildman–Crippen MR) is 53.7 cm³/mol. The molecule has 0 aliphatic heterocycles. The summed E-state index contributed by atoms with van der Waals surface area (Å²) in [7, 11) is 0. The lowest BCUT2D eigenvalue weighted by Crippen LogP contribution is -2.32. The second-order valence-electron chi connectivity index (χ2n) is 2.92. The fourth-order valence-corrected chi connectivity index (χ4v) is 1.19. The Labute approximate surface area is 81.1 Å². The van der Waals surface area contributed by atoms with Gasteiger partial charge in [-0.3, -0.25) is 4.79 Å². The van der Waals surface area contributed by atoms with Crippen LogP contribution in [0.15, 0.2) is 0 Å². The molecule has 78 valence electrons. The first-order valence-corrected chi connectivity index (χ1v) is 5.11. The summed E-state index contributed by atoms with van der Waals surface area (Å²) in [4.78, 5) is 13.4. The lowest BCUT2D eigenvalue weighted by Gasteiger charge is -2.19.